The first-order valence-corrected chi connectivity index (χ1v) is 26.9. The quantitative estimate of drug-likeness (QED) is 0.151. The lowest BCUT2D eigenvalue weighted by atomic mass is 9.78. The first kappa shape index (κ1) is 49.1. The third-order valence-electron chi connectivity index (χ3n) is 15.9. The fourth-order valence-corrected chi connectivity index (χ4v) is 11.4. The molecule has 0 saturated carbocycles. The molecule has 0 aliphatic heterocycles. The minimum absolute atomic E-state index is 0.0190. The Hall–Kier alpha value is -7.16. The Morgan fingerprint density at radius 3 is 1.32 bits per heavy atom. The number of rotatable bonds is 6. The number of anilines is 3. The minimum Gasteiger partial charge on any atom is -0.309 e. The van der Waals surface area contributed by atoms with Crippen molar-refractivity contribution >= 4 is 71.2 Å². The first-order valence-electron chi connectivity index (χ1n) is 26.9. The lowest BCUT2D eigenvalue weighted by molar-refractivity contribution is 0.569. The van der Waals surface area contributed by atoms with Gasteiger partial charge in [-0.2, -0.15) is 0 Å². The van der Waals surface area contributed by atoms with Crippen LogP contribution in [-0.4, -0.2) is 4.57 Å². The molecule has 0 unspecified atom stereocenters. The summed E-state index contributed by atoms with van der Waals surface area (Å²) in [4.78, 5) is 2.60. The fourth-order valence-electron chi connectivity index (χ4n) is 11.4. The van der Waals surface area contributed by atoms with E-state index in [0.717, 1.165) is 17.1 Å². The van der Waals surface area contributed by atoms with Crippen molar-refractivity contribution in [1.82, 2.24) is 4.57 Å². The number of aromatic nitrogens is 1. The van der Waals surface area contributed by atoms with Crippen molar-refractivity contribution in [3.63, 3.8) is 0 Å². The second-order valence-electron chi connectivity index (χ2n) is 26.4. The van der Waals surface area contributed by atoms with Gasteiger partial charge in [-0.25, -0.2) is 0 Å². The van der Waals surface area contributed by atoms with E-state index in [1.807, 2.05) is 0 Å². The molecule has 11 aromatic rings. The molecule has 0 aliphatic carbocycles. The summed E-state index contributed by atoms with van der Waals surface area (Å²) >= 11 is 0. The van der Waals surface area contributed by atoms with Crippen molar-refractivity contribution in [3.05, 3.63) is 204 Å². The third kappa shape index (κ3) is 8.45. The van der Waals surface area contributed by atoms with Gasteiger partial charge in [-0.05, 0) is 136 Å². The maximum atomic E-state index is 2.60. The molecule has 0 fully saturated rings. The van der Waals surface area contributed by atoms with Gasteiger partial charge in [-0.15, -0.1) is 0 Å². The zero-order valence-corrected chi connectivity index (χ0v) is 46.6. The summed E-state index contributed by atoms with van der Waals surface area (Å²) < 4.78 is 2.54. The SMILES string of the molecule is CC(C)(C)c1cc(-c2ccc(C(C)(C)C)cc2N(c2ccccc2-c2ccccc2)c2ccc3ccc4c(-n5c6ccc(C(C)(C)C)cc6c6cc(C(C)(C)C)ccc65)ccc5ccc2c3c54)cc(C(C)(C)C)c1. The predicted octanol–water partition coefficient (Wildman–Crippen LogP) is 21.0. The highest BCUT2D eigenvalue weighted by Gasteiger charge is 2.29. The van der Waals surface area contributed by atoms with Crippen LogP contribution >= 0.6 is 0 Å². The number of nitrogens with zero attached hydrogens (tertiary/aromatic N) is 2. The van der Waals surface area contributed by atoms with Gasteiger partial charge >= 0.3 is 0 Å². The molecule has 0 saturated heterocycles. The summed E-state index contributed by atoms with van der Waals surface area (Å²) in [5, 5.41) is 10.1. The largest absolute Gasteiger partial charge is 0.309 e. The molecule has 74 heavy (non-hydrogen) atoms. The van der Waals surface area contributed by atoms with Crippen LogP contribution in [0.4, 0.5) is 17.1 Å². The van der Waals surface area contributed by atoms with E-state index in [1.54, 1.807) is 0 Å². The van der Waals surface area contributed by atoms with Crippen LogP contribution in [0.2, 0.25) is 0 Å². The first-order chi connectivity index (χ1) is 34.9. The smallest absolute Gasteiger partial charge is 0.0543 e. The molecule has 2 heteroatoms. The van der Waals surface area contributed by atoms with Crippen molar-refractivity contribution in [2.24, 2.45) is 0 Å². The molecule has 11 rings (SSSR count). The summed E-state index contributed by atoms with van der Waals surface area (Å²) in [5.74, 6) is 0. The van der Waals surface area contributed by atoms with Crippen LogP contribution in [0, 0.1) is 0 Å². The highest BCUT2D eigenvalue weighted by Crippen LogP contribution is 2.51. The maximum Gasteiger partial charge on any atom is 0.0543 e. The van der Waals surface area contributed by atoms with Crippen molar-refractivity contribution in [2.75, 3.05) is 4.90 Å². The fraction of sp³-hybridized carbons (Fsp3) is 0.278. The van der Waals surface area contributed by atoms with Crippen molar-refractivity contribution in [2.45, 2.75) is 131 Å². The Balaban J connectivity index is 1.24. The molecule has 2 nitrogen and oxygen atoms in total. The average molecular weight is 967 g/mol. The van der Waals surface area contributed by atoms with E-state index in [4.69, 9.17) is 0 Å². The van der Waals surface area contributed by atoms with Crippen LogP contribution in [0.1, 0.15) is 132 Å². The summed E-state index contributed by atoms with van der Waals surface area (Å²) in [6.07, 6.45) is 0. The van der Waals surface area contributed by atoms with Gasteiger partial charge in [0.25, 0.3) is 0 Å². The molecular formula is C72H74N2. The van der Waals surface area contributed by atoms with E-state index in [0.29, 0.717) is 0 Å². The Kier molecular flexibility index (Phi) is 11.4. The van der Waals surface area contributed by atoms with Gasteiger partial charge in [0.1, 0.15) is 0 Å². The molecule has 0 aliphatic rings. The summed E-state index contributed by atoms with van der Waals surface area (Å²) in [6.45, 7) is 35.0. The zero-order chi connectivity index (χ0) is 52.4. The third-order valence-corrected chi connectivity index (χ3v) is 15.9. The second-order valence-corrected chi connectivity index (χ2v) is 26.4. The normalized spacial score (nSPS) is 13.1. The molecule has 0 radical (unpaired) electrons. The number of benzene rings is 10. The Labute approximate surface area is 441 Å². The molecule has 1 aromatic heterocycles. The van der Waals surface area contributed by atoms with Gasteiger partial charge in [0.15, 0.2) is 0 Å². The summed E-state index contributed by atoms with van der Waals surface area (Å²) in [6, 6.07) is 67.9. The topological polar surface area (TPSA) is 8.17 Å². The Morgan fingerprint density at radius 1 is 0.297 bits per heavy atom. The highest BCUT2D eigenvalue weighted by atomic mass is 15.1. The van der Waals surface area contributed by atoms with Crippen molar-refractivity contribution in [1.29, 1.82) is 0 Å². The number of fused-ring (bicyclic) bond motifs is 3. The van der Waals surface area contributed by atoms with Crippen LogP contribution in [0.5, 0.6) is 0 Å². The van der Waals surface area contributed by atoms with Crippen molar-refractivity contribution in [3.8, 4) is 27.9 Å². The number of hydrogen-bond donors (Lipinski definition) is 0. The summed E-state index contributed by atoms with van der Waals surface area (Å²) in [7, 11) is 0. The summed E-state index contributed by atoms with van der Waals surface area (Å²) in [5.41, 5.74) is 18.4. The molecule has 372 valence electrons. The maximum absolute atomic E-state index is 2.60. The van der Waals surface area contributed by atoms with E-state index in [2.05, 4.69) is 289 Å². The predicted molar refractivity (Wildman–Crippen MR) is 324 cm³/mol. The lowest BCUT2D eigenvalue weighted by Crippen LogP contribution is -2.18. The Morgan fingerprint density at radius 2 is 0.757 bits per heavy atom. The zero-order valence-electron chi connectivity index (χ0n) is 46.6. The minimum atomic E-state index is -0.101. The molecular weight excluding hydrogens is 893 g/mol. The number of hydrogen-bond acceptors (Lipinski definition) is 1. The van der Waals surface area contributed by atoms with Gasteiger partial charge in [-0.3, -0.25) is 0 Å². The standard InChI is InChI=1S/C72H74N2/c1-68(2,3)49-30-37-63-58(42-49)59-43-50(69(4,5)6)31-38-64(59)73(63)61-35-27-46-26-33-57-62(36-28-47-25-32-56(61)66(46)67(47)57)74(60-24-20-19-23-54(60)45-21-17-16-18-22-45)65-44-51(70(7,8)9)29-34-55(65)48-39-52(71(10,11)12)41-53(40-48)72(13,14)15/h16-44H,1-15H3. The highest BCUT2D eigenvalue weighted by molar-refractivity contribution is 6.28. The van der Waals surface area contributed by atoms with Crippen molar-refractivity contribution < 1.29 is 0 Å². The van der Waals surface area contributed by atoms with Gasteiger partial charge in [0.2, 0.25) is 0 Å². The van der Waals surface area contributed by atoms with Gasteiger partial charge < -0.3 is 9.47 Å². The molecule has 0 N–H and O–H groups in total. The lowest BCUT2D eigenvalue weighted by Gasteiger charge is -2.33. The Bertz CT molecular complexity index is 3850. The molecule has 0 bridgehead atoms. The van der Waals surface area contributed by atoms with Gasteiger partial charge in [0.05, 0.1) is 33.8 Å². The molecule has 0 spiro atoms. The van der Waals surface area contributed by atoms with E-state index in [1.165, 1.54) is 110 Å². The molecule has 1 heterocycles. The average Bonchev–Trinajstić information content (AvgIpc) is 3.68. The van der Waals surface area contributed by atoms with Crippen LogP contribution in [0.25, 0.3) is 82.1 Å². The van der Waals surface area contributed by atoms with E-state index < -0.39 is 0 Å². The van der Waals surface area contributed by atoms with Crippen LogP contribution in [-0.2, 0) is 27.1 Å². The van der Waals surface area contributed by atoms with Crippen LogP contribution in [0.15, 0.2) is 176 Å². The van der Waals surface area contributed by atoms with Crippen LogP contribution < -0.4 is 4.90 Å². The van der Waals surface area contributed by atoms with Gasteiger partial charge in [0, 0.05) is 32.7 Å². The van der Waals surface area contributed by atoms with E-state index in [9.17, 15) is 0 Å². The van der Waals surface area contributed by atoms with Crippen LogP contribution in [0.3, 0.4) is 0 Å². The van der Waals surface area contributed by atoms with E-state index >= 15 is 0 Å². The second kappa shape index (κ2) is 17.2. The number of para-hydroxylation sites is 1. The van der Waals surface area contributed by atoms with Gasteiger partial charge in [-0.1, -0.05) is 231 Å². The molecule has 0 amide bonds. The monoisotopic (exact) mass is 967 g/mol. The molecule has 0 atom stereocenters. The molecule has 10 aromatic carbocycles. The van der Waals surface area contributed by atoms with E-state index in [-0.39, 0.29) is 27.1 Å².